The van der Waals surface area contributed by atoms with Crippen LogP contribution in [0, 0.1) is 5.82 Å². The molecular formula is C23H26FN3O2S. The van der Waals surface area contributed by atoms with Crippen molar-refractivity contribution in [2.75, 3.05) is 38.5 Å². The Morgan fingerprint density at radius 3 is 2.67 bits per heavy atom. The van der Waals surface area contributed by atoms with Gasteiger partial charge < -0.3 is 14.6 Å². The number of carbonyl (C=O) groups is 1. The number of nitrogens with one attached hydrogen (secondary N) is 1. The monoisotopic (exact) mass is 427 g/mol. The first-order chi connectivity index (χ1) is 14.5. The summed E-state index contributed by atoms with van der Waals surface area (Å²) in [7, 11) is 2.11. The predicted molar refractivity (Wildman–Crippen MR) is 118 cm³/mol. The summed E-state index contributed by atoms with van der Waals surface area (Å²) in [5.41, 5.74) is 1.90. The summed E-state index contributed by atoms with van der Waals surface area (Å²) in [6.07, 6.45) is 2.36. The highest BCUT2D eigenvalue weighted by atomic mass is 32.1. The lowest BCUT2D eigenvalue weighted by Gasteiger charge is -2.38. The van der Waals surface area contributed by atoms with Gasteiger partial charge in [0, 0.05) is 36.6 Å². The fourth-order valence-corrected chi connectivity index (χ4v) is 4.87. The van der Waals surface area contributed by atoms with Gasteiger partial charge in [-0.05, 0) is 49.4 Å². The SMILES string of the molecule is CCc1cc(C(c2cccc(F)c2)N2CCN(C)CC2)c(NC(=O)c2ccco2)s1. The van der Waals surface area contributed by atoms with E-state index in [1.165, 1.54) is 17.2 Å². The summed E-state index contributed by atoms with van der Waals surface area (Å²) >= 11 is 1.57. The molecule has 7 heteroatoms. The summed E-state index contributed by atoms with van der Waals surface area (Å²) in [4.78, 5) is 18.5. The van der Waals surface area contributed by atoms with E-state index in [0.717, 1.165) is 48.7 Å². The molecule has 4 rings (SSSR count). The second kappa shape index (κ2) is 9.12. The van der Waals surface area contributed by atoms with Crippen LogP contribution in [0.3, 0.4) is 0 Å². The van der Waals surface area contributed by atoms with Gasteiger partial charge in [0.2, 0.25) is 0 Å². The van der Waals surface area contributed by atoms with Crippen LogP contribution in [0.1, 0.15) is 39.5 Å². The number of hydrogen-bond acceptors (Lipinski definition) is 5. The molecule has 0 radical (unpaired) electrons. The number of piperazine rings is 1. The van der Waals surface area contributed by atoms with Crippen LogP contribution >= 0.6 is 11.3 Å². The minimum atomic E-state index is -0.276. The quantitative estimate of drug-likeness (QED) is 0.623. The standard InChI is InChI=1S/C23H26FN3O2S/c1-3-18-15-19(23(30-18)25-22(28)20-8-5-13-29-20)21(16-6-4-7-17(24)14-16)27-11-9-26(2)10-12-27/h4-8,13-15,21H,3,9-12H2,1-2H3,(H,25,28). The van der Waals surface area contributed by atoms with Crippen molar-refractivity contribution in [3.63, 3.8) is 0 Å². The molecule has 0 saturated carbocycles. The molecular weight excluding hydrogens is 401 g/mol. The van der Waals surface area contributed by atoms with Crippen molar-refractivity contribution in [2.45, 2.75) is 19.4 Å². The number of thiophene rings is 1. The minimum Gasteiger partial charge on any atom is -0.459 e. The second-order valence-corrected chi connectivity index (χ2v) is 8.72. The van der Waals surface area contributed by atoms with Crippen LogP contribution in [-0.2, 0) is 6.42 Å². The normalized spacial score (nSPS) is 16.5. The van der Waals surface area contributed by atoms with Crippen LogP contribution in [0.5, 0.6) is 0 Å². The molecule has 2 aromatic heterocycles. The number of amides is 1. The van der Waals surface area contributed by atoms with Gasteiger partial charge in [0.15, 0.2) is 5.76 Å². The van der Waals surface area contributed by atoms with Gasteiger partial charge in [-0.1, -0.05) is 19.1 Å². The van der Waals surface area contributed by atoms with Gasteiger partial charge in [-0.2, -0.15) is 0 Å². The molecule has 0 aliphatic carbocycles. The summed E-state index contributed by atoms with van der Waals surface area (Å²) in [6, 6.07) is 12.2. The van der Waals surface area contributed by atoms with Gasteiger partial charge in [-0.3, -0.25) is 9.69 Å². The Balaban J connectivity index is 1.74. The maximum absolute atomic E-state index is 14.1. The molecule has 3 heterocycles. The topological polar surface area (TPSA) is 48.7 Å². The Hall–Kier alpha value is -2.48. The molecule has 0 spiro atoms. The number of furan rings is 1. The lowest BCUT2D eigenvalue weighted by atomic mass is 9.97. The first kappa shape index (κ1) is 20.8. The van der Waals surface area contributed by atoms with E-state index in [1.807, 2.05) is 6.07 Å². The van der Waals surface area contributed by atoms with Gasteiger partial charge in [-0.25, -0.2) is 4.39 Å². The van der Waals surface area contributed by atoms with Crippen LogP contribution in [0.4, 0.5) is 9.39 Å². The highest BCUT2D eigenvalue weighted by Gasteiger charge is 2.29. The molecule has 3 aromatic rings. The van der Waals surface area contributed by atoms with Gasteiger partial charge in [-0.15, -0.1) is 11.3 Å². The van der Waals surface area contributed by atoms with Crippen molar-refractivity contribution in [2.24, 2.45) is 0 Å². The highest BCUT2D eigenvalue weighted by molar-refractivity contribution is 7.16. The largest absolute Gasteiger partial charge is 0.459 e. The number of likely N-dealkylation sites (N-methyl/N-ethyl adjacent to an activating group) is 1. The van der Waals surface area contributed by atoms with E-state index in [2.05, 4.69) is 35.2 Å². The molecule has 158 valence electrons. The zero-order valence-corrected chi connectivity index (χ0v) is 18.0. The smallest absolute Gasteiger partial charge is 0.291 e. The molecule has 1 fully saturated rings. The van der Waals surface area contributed by atoms with E-state index in [-0.39, 0.29) is 23.5 Å². The summed E-state index contributed by atoms with van der Waals surface area (Å²) < 4.78 is 19.4. The van der Waals surface area contributed by atoms with Gasteiger partial charge in [0.25, 0.3) is 5.91 Å². The van der Waals surface area contributed by atoms with Crippen molar-refractivity contribution in [3.8, 4) is 0 Å². The van der Waals surface area contributed by atoms with Crippen molar-refractivity contribution < 1.29 is 13.6 Å². The van der Waals surface area contributed by atoms with Crippen molar-refractivity contribution in [1.82, 2.24) is 9.80 Å². The van der Waals surface area contributed by atoms with Gasteiger partial charge in [0.1, 0.15) is 10.8 Å². The number of carbonyl (C=O) groups excluding carboxylic acids is 1. The molecule has 1 saturated heterocycles. The fraction of sp³-hybridized carbons (Fsp3) is 0.348. The Morgan fingerprint density at radius 2 is 2.00 bits per heavy atom. The fourth-order valence-electron chi connectivity index (χ4n) is 3.85. The number of nitrogens with zero attached hydrogens (tertiary/aromatic N) is 2. The van der Waals surface area contributed by atoms with E-state index in [1.54, 1.807) is 35.6 Å². The van der Waals surface area contributed by atoms with Crippen LogP contribution in [0.25, 0.3) is 0 Å². The molecule has 5 nitrogen and oxygen atoms in total. The van der Waals surface area contributed by atoms with Crippen LogP contribution in [-0.4, -0.2) is 48.9 Å². The average Bonchev–Trinajstić information content (AvgIpc) is 3.40. The first-order valence-corrected chi connectivity index (χ1v) is 11.0. The van der Waals surface area contributed by atoms with E-state index in [4.69, 9.17) is 4.42 Å². The van der Waals surface area contributed by atoms with Gasteiger partial charge >= 0.3 is 0 Å². The van der Waals surface area contributed by atoms with E-state index >= 15 is 0 Å². The molecule has 1 N–H and O–H groups in total. The molecule has 1 aliphatic heterocycles. The molecule has 1 atom stereocenters. The van der Waals surface area contributed by atoms with E-state index in [9.17, 15) is 9.18 Å². The van der Waals surface area contributed by atoms with E-state index < -0.39 is 0 Å². The van der Waals surface area contributed by atoms with Gasteiger partial charge in [0.05, 0.1) is 12.3 Å². The zero-order chi connectivity index (χ0) is 21.1. The average molecular weight is 428 g/mol. The molecule has 0 bridgehead atoms. The third kappa shape index (κ3) is 4.48. The third-order valence-corrected chi connectivity index (χ3v) is 6.70. The minimum absolute atomic E-state index is 0.127. The molecule has 1 aromatic carbocycles. The van der Waals surface area contributed by atoms with Crippen molar-refractivity contribution >= 4 is 22.2 Å². The number of aryl methyl sites for hydroxylation is 1. The number of halogens is 1. The maximum Gasteiger partial charge on any atom is 0.291 e. The summed E-state index contributed by atoms with van der Waals surface area (Å²) in [6.45, 7) is 5.75. The summed E-state index contributed by atoms with van der Waals surface area (Å²) in [5, 5.41) is 3.83. The highest BCUT2D eigenvalue weighted by Crippen LogP contribution is 2.40. The molecule has 1 unspecified atom stereocenters. The number of benzene rings is 1. The first-order valence-electron chi connectivity index (χ1n) is 10.2. The van der Waals surface area contributed by atoms with Crippen LogP contribution in [0.15, 0.2) is 53.1 Å². The lowest BCUT2D eigenvalue weighted by Crippen LogP contribution is -2.46. The Bertz CT molecular complexity index is 994. The second-order valence-electron chi connectivity index (χ2n) is 7.58. The summed E-state index contributed by atoms with van der Waals surface area (Å²) in [5.74, 6) is -0.254. The van der Waals surface area contributed by atoms with Crippen molar-refractivity contribution in [1.29, 1.82) is 0 Å². The zero-order valence-electron chi connectivity index (χ0n) is 17.2. The Kier molecular flexibility index (Phi) is 6.32. The number of anilines is 1. The van der Waals surface area contributed by atoms with E-state index in [0.29, 0.717) is 0 Å². The van der Waals surface area contributed by atoms with Crippen LogP contribution < -0.4 is 5.32 Å². The predicted octanol–water partition coefficient (Wildman–Crippen LogP) is 4.63. The molecule has 30 heavy (non-hydrogen) atoms. The molecule has 1 aliphatic rings. The number of hydrogen-bond donors (Lipinski definition) is 1. The van der Waals surface area contributed by atoms with Crippen molar-refractivity contribution in [3.05, 3.63) is 76.3 Å². The maximum atomic E-state index is 14.1. The Morgan fingerprint density at radius 1 is 1.20 bits per heavy atom. The molecule has 1 amide bonds. The Labute approximate surface area is 180 Å². The lowest BCUT2D eigenvalue weighted by molar-refractivity contribution is 0.0996. The number of rotatable bonds is 6. The third-order valence-electron chi connectivity index (χ3n) is 5.49. The van der Waals surface area contributed by atoms with Crippen LogP contribution in [0.2, 0.25) is 0 Å².